The van der Waals surface area contributed by atoms with Crippen LogP contribution in [0.15, 0.2) is 12.1 Å². The van der Waals surface area contributed by atoms with Crippen molar-refractivity contribution >= 4 is 23.4 Å². The van der Waals surface area contributed by atoms with Crippen molar-refractivity contribution < 1.29 is 0 Å². The first-order chi connectivity index (χ1) is 8.31. The minimum absolute atomic E-state index is 0.193. The highest BCUT2D eigenvalue weighted by atomic mass is 32.1. The van der Waals surface area contributed by atoms with Crippen LogP contribution in [0.25, 0.3) is 11.2 Å². The topological polar surface area (TPSA) is 33.6 Å². The van der Waals surface area contributed by atoms with Gasteiger partial charge in [0, 0.05) is 12.2 Å². The van der Waals surface area contributed by atoms with Crippen LogP contribution < -0.4 is 0 Å². The van der Waals surface area contributed by atoms with E-state index in [9.17, 15) is 0 Å². The monoisotopic (exact) mass is 263 g/mol. The fourth-order valence-corrected chi connectivity index (χ4v) is 2.12. The van der Waals surface area contributed by atoms with Gasteiger partial charge in [0.15, 0.2) is 10.4 Å². The molecule has 0 aliphatic carbocycles. The van der Waals surface area contributed by atoms with E-state index in [0.29, 0.717) is 5.92 Å². The van der Waals surface area contributed by atoms with E-state index in [1.165, 1.54) is 0 Å². The summed E-state index contributed by atoms with van der Waals surface area (Å²) in [5.74, 6) is 0.592. The number of aromatic nitrogens is 3. The zero-order valence-electron chi connectivity index (χ0n) is 11.7. The van der Waals surface area contributed by atoms with Gasteiger partial charge in [-0.2, -0.15) is 0 Å². The Morgan fingerprint density at radius 3 is 2.67 bits per heavy atom. The van der Waals surface area contributed by atoms with E-state index in [-0.39, 0.29) is 5.41 Å². The van der Waals surface area contributed by atoms with E-state index >= 15 is 0 Å². The van der Waals surface area contributed by atoms with Gasteiger partial charge < -0.3 is 9.55 Å². The van der Waals surface area contributed by atoms with E-state index in [2.05, 4.69) is 42.2 Å². The van der Waals surface area contributed by atoms with E-state index in [1.807, 2.05) is 19.1 Å². The summed E-state index contributed by atoms with van der Waals surface area (Å²) < 4.78 is 2.88. The molecule has 0 bridgehead atoms. The average molecular weight is 263 g/mol. The van der Waals surface area contributed by atoms with Crippen LogP contribution in [-0.4, -0.2) is 14.5 Å². The molecule has 0 fully saturated rings. The molecule has 2 aromatic heterocycles. The Bertz CT molecular complexity index is 619. The molecule has 0 amide bonds. The van der Waals surface area contributed by atoms with Gasteiger partial charge in [-0.1, -0.05) is 27.7 Å². The van der Waals surface area contributed by atoms with Crippen LogP contribution in [-0.2, 0) is 6.54 Å². The molecule has 0 atom stereocenters. The second kappa shape index (κ2) is 4.50. The number of imidazole rings is 1. The van der Waals surface area contributed by atoms with Gasteiger partial charge in [0.2, 0.25) is 0 Å². The molecule has 1 N–H and O–H groups in total. The standard InChI is InChI=1S/C14H21N3S/c1-9(2)14(4,5)8-17-12-11(16-13(17)18)7-6-10(3)15-12/h6-7,9H,8H2,1-5H3,(H,16,18). The largest absolute Gasteiger partial charge is 0.329 e. The minimum atomic E-state index is 0.193. The summed E-state index contributed by atoms with van der Waals surface area (Å²) in [6, 6.07) is 4.05. The zero-order valence-corrected chi connectivity index (χ0v) is 12.6. The molecule has 4 heteroatoms. The lowest BCUT2D eigenvalue weighted by Crippen LogP contribution is -2.25. The second-order valence-electron chi connectivity index (χ2n) is 5.98. The maximum atomic E-state index is 5.42. The van der Waals surface area contributed by atoms with Crippen molar-refractivity contribution in [3.05, 3.63) is 22.6 Å². The highest BCUT2D eigenvalue weighted by molar-refractivity contribution is 7.71. The first-order valence-electron chi connectivity index (χ1n) is 6.37. The lowest BCUT2D eigenvalue weighted by molar-refractivity contribution is 0.211. The number of fused-ring (bicyclic) bond motifs is 1. The van der Waals surface area contributed by atoms with Crippen LogP contribution >= 0.6 is 12.2 Å². The molecule has 98 valence electrons. The summed E-state index contributed by atoms with van der Waals surface area (Å²) in [5.41, 5.74) is 3.20. The smallest absolute Gasteiger partial charge is 0.179 e. The molecule has 0 aromatic carbocycles. The van der Waals surface area contributed by atoms with Gasteiger partial charge in [-0.25, -0.2) is 4.98 Å². The third kappa shape index (κ3) is 2.34. The summed E-state index contributed by atoms with van der Waals surface area (Å²) >= 11 is 5.42. The molecule has 2 heterocycles. The number of rotatable bonds is 3. The van der Waals surface area contributed by atoms with Gasteiger partial charge in [-0.3, -0.25) is 0 Å². The number of hydrogen-bond donors (Lipinski definition) is 1. The van der Waals surface area contributed by atoms with Crippen LogP contribution in [0.4, 0.5) is 0 Å². The highest BCUT2D eigenvalue weighted by Crippen LogP contribution is 2.29. The molecule has 3 nitrogen and oxygen atoms in total. The van der Waals surface area contributed by atoms with Crippen molar-refractivity contribution in [1.29, 1.82) is 0 Å². The predicted molar refractivity (Wildman–Crippen MR) is 78.3 cm³/mol. The average Bonchev–Trinajstić information content (AvgIpc) is 2.55. The van der Waals surface area contributed by atoms with Gasteiger partial charge in [0.25, 0.3) is 0 Å². The summed E-state index contributed by atoms with van der Waals surface area (Å²) in [7, 11) is 0. The Kier molecular flexibility index (Phi) is 3.32. The normalized spacial score (nSPS) is 12.6. The quantitative estimate of drug-likeness (QED) is 0.846. The number of hydrogen-bond acceptors (Lipinski definition) is 2. The third-order valence-electron chi connectivity index (χ3n) is 3.89. The molecule has 0 aliphatic heterocycles. The van der Waals surface area contributed by atoms with E-state index in [1.54, 1.807) is 0 Å². The first kappa shape index (κ1) is 13.3. The number of nitrogens with one attached hydrogen (secondary N) is 1. The van der Waals surface area contributed by atoms with Crippen molar-refractivity contribution in [2.24, 2.45) is 11.3 Å². The molecule has 0 spiro atoms. The first-order valence-corrected chi connectivity index (χ1v) is 6.78. The fraction of sp³-hybridized carbons (Fsp3) is 0.571. The number of aryl methyl sites for hydroxylation is 1. The Morgan fingerprint density at radius 1 is 1.39 bits per heavy atom. The van der Waals surface area contributed by atoms with E-state index in [0.717, 1.165) is 28.2 Å². The molecular formula is C14H21N3S. The maximum Gasteiger partial charge on any atom is 0.179 e. The Labute approximate surface area is 113 Å². The second-order valence-corrected chi connectivity index (χ2v) is 6.37. The molecule has 0 unspecified atom stereocenters. The maximum absolute atomic E-state index is 5.42. The van der Waals surface area contributed by atoms with Crippen molar-refractivity contribution in [2.75, 3.05) is 0 Å². The Morgan fingerprint density at radius 2 is 2.06 bits per heavy atom. The van der Waals surface area contributed by atoms with Gasteiger partial charge in [-0.15, -0.1) is 0 Å². The Hall–Kier alpha value is -1.16. The van der Waals surface area contributed by atoms with Crippen LogP contribution in [0.3, 0.4) is 0 Å². The van der Waals surface area contributed by atoms with Crippen LogP contribution in [0, 0.1) is 23.0 Å². The van der Waals surface area contributed by atoms with Gasteiger partial charge >= 0.3 is 0 Å². The molecule has 0 radical (unpaired) electrons. The Balaban J connectivity index is 2.54. The van der Waals surface area contributed by atoms with Gasteiger partial charge in [-0.05, 0) is 42.6 Å². The number of aromatic amines is 1. The van der Waals surface area contributed by atoms with Crippen molar-refractivity contribution in [3.8, 4) is 0 Å². The van der Waals surface area contributed by atoms with Crippen molar-refractivity contribution in [2.45, 2.75) is 41.2 Å². The van der Waals surface area contributed by atoms with E-state index < -0.39 is 0 Å². The molecule has 2 rings (SSSR count). The number of nitrogens with zero attached hydrogens (tertiary/aromatic N) is 2. The van der Waals surface area contributed by atoms with Crippen molar-refractivity contribution in [3.63, 3.8) is 0 Å². The molecule has 2 aromatic rings. The molecule has 0 aliphatic rings. The molecule has 0 saturated heterocycles. The number of pyridine rings is 1. The lowest BCUT2D eigenvalue weighted by Gasteiger charge is -2.29. The summed E-state index contributed by atoms with van der Waals surface area (Å²) in [4.78, 5) is 7.84. The lowest BCUT2D eigenvalue weighted by atomic mass is 9.81. The van der Waals surface area contributed by atoms with E-state index in [4.69, 9.17) is 12.2 Å². The predicted octanol–water partition coefficient (Wildman–Crippen LogP) is 4.08. The summed E-state index contributed by atoms with van der Waals surface area (Å²) in [6.45, 7) is 11.9. The minimum Gasteiger partial charge on any atom is -0.329 e. The van der Waals surface area contributed by atoms with Gasteiger partial charge in [0.05, 0.1) is 5.52 Å². The van der Waals surface area contributed by atoms with Crippen LogP contribution in [0.2, 0.25) is 0 Å². The SMILES string of the molecule is Cc1ccc2[nH]c(=S)n(CC(C)(C)C(C)C)c2n1. The molecular weight excluding hydrogens is 242 g/mol. The molecule has 18 heavy (non-hydrogen) atoms. The molecule has 0 saturated carbocycles. The highest BCUT2D eigenvalue weighted by Gasteiger charge is 2.24. The third-order valence-corrected chi connectivity index (χ3v) is 4.21. The van der Waals surface area contributed by atoms with Gasteiger partial charge in [0.1, 0.15) is 0 Å². The summed E-state index contributed by atoms with van der Waals surface area (Å²) in [6.07, 6.45) is 0. The zero-order chi connectivity index (χ0) is 13.5. The van der Waals surface area contributed by atoms with Crippen LogP contribution in [0.5, 0.6) is 0 Å². The number of H-pyrrole nitrogens is 1. The van der Waals surface area contributed by atoms with Crippen molar-refractivity contribution in [1.82, 2.24) is 14.5 Å². The fourth-order valence-electron chi connectivity index (χ4n) is 1.86. The summed E-state index contributed by atoms with van der Waals surface area (Å²) in [5, 5.41) is 0. The van der Waals surface area contributed by atoms with Crippen LogP contribution in [0.1, 0.15) is 33.4 Å².